The number of piperidine rings is 1. The Bertz CT molecular complexity index is 1020. The predicted molar refractivity (Wildman–Crippen MR) is 110 cm³/mol. The minimum atomic E-state index is 0.137. The first-order chi connectivity index (χ1) is 14.1. The van der Waals surface area contributed by atoms with Crippen LogP contribution in [0.5, 0.6) is 5.75 Å². The molecule has 1 aliphatic rings. The van der Waals surface area contributed by atoms with E-state index >= 15 is 0 Å². The number of hydrogen-bond donors (Lipinski definition) is 1. The van der Waals surface area contributed by atoms with Crippen LogP contribution in [0.4, 0.5) is 5.82 Å². The van der Waals surface area contributed by atoms with Gasteiger partial charge in [0.1, 0.15) is 23.7 Å². The molecule has 2 N–H and O–H groups in total. The van der Waals surface area contributed by atoms with Gasteiger partial charge in [0.2, 0.25) is 5.91 Å². The molecule has 0 radical (unpaired) electrons. The molecular formula is C21H24N6O2. The van der Waals surface area contributed by atoms with Gasteiger partial charge in [-0.2, -0.15) is 0 Å². The summed E-state index contributed by atoms with van der Waals surface area (Å²) < 4.78 is 7.73. The van der Waals surface area contributed by atoms with Gasteiger partial charge >= 0.3 is 0 Å². The normalized spacial score (nSPS) is 14.8. The van der Waals surface area contributed by atoms with Gasteiger partial charge in [-0.3, -0.25) is 4.79 Å². The lowest BCUT2D eigenvalue weighted by Crippen LogP contribution is -2.37. The molecule has 4 rings (SSSR count). The summed E-state index contributed by atoms with van der Waals surface area (Å²) in [6.45, 7) is 3.17. The van der Waals surface area contributed by atoms with Crippen molar-refractivity contribution in [2.45, 2.75) is 25.8 Å². The molecule has 0 bridgehead atoms. The fourth-order valence-corrected chi connectivity index (χ4v) is 3.86. The number of amides is 1. The number of nitrogen functional groups attached to an aromatic ring is 1. The highest BCUT2D eigenvalue weighted by Crippen LogP contribution is 2.35. The average molecular weight is 392 g/mol. The van der Waals surface area contributed by atoms with Gasteiger partial charge in [0, 0.05) is 55.6 Å². The lowest BCUT2D eigenvalue weighted by molar-refractivity contribution is -0.130. The van der Waals surface area contributed by atoms with Crippen molar-refractivity contribution in [2.75, 3.05) is 25.9 Å². The predicted octanol–water partition coefficient (Wildman–Crippen LogP) is 2.78. The molecule has 1 saturated heterocycles. The van der Waals surface area contributed by atoms with Crippen LogP contribution in [0.1, 0.15) is 25.8 Å². The van der Waals surface area contributed by atoms with E-state index in [4.69, 9.17) is 10.5 Å². The molecule has 3 heterocycles. The number of likely N-dealkylation sites (tertiary alicyclic amines) is 1. The van der Waals surface area contributed by atoms with E-state index in [1.54, 1.807) is 20.1 Å². The lowest BCUT2D eigenvalue weighted by atomic mass is 10.0. The smallest absolute Gasteiger partial charge is 0.219 e. The summed E-state index contributed by atoms with van der Waals surface area (Å²) >= 11 is 0. The summed E-state index contributed by atoms with van der Waals surface area (Å²) in [7, 11) is 1.63. The zero-order valence-corrected chi connectivity index (χ0v) is 16.6. The van der Waals surface area contributed by atoms with Gasteiger partial charge in [-0.25, -0.2) is 15.0 Å². The second-order valence-electron chi connectivity index (χ2n) is 7.14. The van der Waals surface area contributed by atoms with Gasteiger partial charge in [0.15, 0.2) is 0 Å². The zero-order chi connectivity index (χ0) is 20.4. The minimum absolute atomic E-state index is 0.137. The maximum absolute atomic E-state index is 11.6. The minimum Gasteiger partial charge on any atom is -0.496 e. The topological polar surface area (TPSA) is 99.2 Å². The molecule has 8 nitrogen and oxygen atoms in total. The average Bonchev–Trinajstić information content (AvgIpc) is 3.23. The Balaban J connectivity index is 1.68. The molecule has 1 amide bonds. The molecule has 0 saturated carbocycles. The van der Waals surface area contributed by atoms with E-state index < -0.39 is 0 Å². The van der Waals surface area contributed by atoms with Crippen LogP contribution in [0.2, 0.25) is 0 Å². The van der Waals surface area contributed by atoms with Crippen molar-refractivity contribution in [3.05, 3.63) is 43.0 Å². The van der Waals surface area contributed by atoms with E-state index in [2.05, 4.69) is 19.5 Å². The second kappa shape index (κ2) is 7.90. The SMILES string of the molecule is COc1ccc(-c2nccn2C2CCN(C(C)=O)CC2)cc1-c1cc(N)ncn1. The maximum Gasteiger partial charge on any atom is 0.219 e. The first-order valence-electron chi connectivity index (χ1n) is 9.61. The third-order valence-corrected chi connectivity index (χ3v) is 5.39. The van der Waals surface area contributed by atoms with E-state index in [-0.39, 0.29) is 5.91 Å². The molecule has 1 aromatic carbocycles. The van der Waals surface area contributed by atoms with Crippen LogP contribution < -0.4 is 10.5 Å². The number of hydrogen-bond acceptors (Lipinski definition) is 6. The monoisotopic (exact) mass is 392 g/mol. The first-order valence-corrected chi connectivity index (χ1v) is 9.61. The molecule has 2 aromatic heterocycles. The Labute approximate surface area is 169 Å². The molecule has 1 fully saturated rings. The van der Waals surface area contributed by atoms with Crippen molar-refractivity contribution < 1.29 is 9.53 Å². The number of benzene rings is 1. The zero-order valence-electron chi connectivity index (χ0n) is 16.6. The van der Waals surface area contributed by atoms with E-state index in [0.717, 1.165) is 42.9 Å². The van der Waals surface area contributed by atoms with Gasteiger partial charge in [-0.05, 0) is 31.0 Å². The number of imidazole rings is 1. The number of aromatic nitrogens is 4. The van der Waals surface area contributed by atoms with E-state index in [9.17, 15) is 4.79 Å². The van der Waals surface area contributed by atoms with Crippen molar-refractivity contribution in [3.63, 3.8) is 0 Å². The quantitative estimate of drug-likeness (QED) is 0.733. The molecule has 0 unspecified atom stereocenters. The van der Waals surface area contributed by atoms with E-state index in [1.165, 1.54) is 6.33 Å². The molecular weight excluding hydrogens is 368 g/mol. The third-order valence-electron chi connectivity index (χ3n) is 5.39. The summed E-state index contributed by atoms with van der Waals surface area (Å²) in [5.74, 6) is 2.14. The highest BCUT2D eigenvalue weighted by molar-refractivity contribution is 5.75. The molecule has 0 spiro atoms. The Kier molecular flexibility index (Phi) is 5.16. The van der Waals surface area contributed by atoms with E-state index in [0.29, 0.717) is 23.3 Å². The van der Waals surface area contributed by atoms with Gasteiger partial charge in [0.25, 0.3) is 0 Å². The Hall–Kier alpha value is -3.42. The number of carbonyl (C=O) groups is 1. The number of rotatable bonds is 4. The van der Waals surface area contributed by atoms with Crippen LogP contribution in [0.3, 0.4) is 0 Å². The number of methoxy groups -OCH3 is 1. The highest BCUT2D eigenvalue weighted by atomic mass is 16.5. The second-order valence-corrected chi connectivity index (χ2v) is 7.14. The molecule has 0 aliphatic carbocycles. The van der Waals surface area contributed by atoms with Crippen molar-refractivity contribution in [1.82, 2.24) is 24.4 Å². The summed E-state index contributed by atoms with van der Waals surface area (Å²) in [5, 5.41) is 0. The van der Waals surface area contributed by atoms with Crippen molar-refractivity contribution in [2.24, 2.45) is 0 Å². The summed E-state index contributed by atoms with van der Waals surface area (Å²) in [5.41, 5.74) is 8.34. The maximum atomic E-state index is 11.6. The van der Waals surface area contributed by atoms with Crippen molar-refractivity contribution in [3.8, 4) is 28.4 Å². The van der Waals surface area contributed by atoms with E-state index in [1.807, 2.05) is 35.5 Å². The number of carbonyl (C=O) groups excluding carboxylic acids is 1. The number of nitrogens with two attached hydrogens (primary N) is 1. The van der Waals surface area contributed by atoms with Crippen LogP contribution in [0, 0.1) is 0 Å². The van der Waals surface area contributed by atoms with Crippen LogP contribution in [-0.4, -0.2) is 50.5 Å². The standard InChI is InChI=1S/C21H24N6O2/c1-14(28)26-8-5-16(6-9-26)27-10-7-23-21(27)15-3-4-19(29-2)17(11-15)18-12-20(22)25-13-24-18/h3-4,7,10-13,16H,5-6,8-9H2,1-2H3,(H2,22,24,25). The Morgan fingerprint density at radius 2 is 1.97 bits per heavy atom. The molecule has 29 heavy (non-hydrogen) atoms. The van der Waals surface area contributed by atoms with Gasteiger partial charge in [-0.1, -0.05) is 0 Å². The number of ether oxygens (including phenoxy) is 1. The van der Waals surface area contributed by atoms with Crippen LogP contribution in [0.15, 0.2) is 43.0 Å². The van der Waals surface area contributed by atoms with Crippen molar-refractivity contribution in [1.29, 1.82) is 0 Å². The van der Waals surface area contributed by atoms with Gasteiger partial charge < -0.3 is 19.9 Å². The fraction of sp³-hybridized carbons (Fsp3) is 0.333. The molecule has 150 valence electrons. The molecule has 8 heteroatoms. The highest BCUT2D eigenvalue weighted by Gasteiger charge is 2.24. The summed E-state index contributed by atoms with van der Waals surface area (Å²) in [6, 6.07) is 7.97. The lowest BCUT2D eigenvalue weighted by Gasteiger charge is -2.32. The van der Waals surface area contributed by atoms with Crippen molar-refractivity contribution >= 4 is 11.7 Å². The molecule has 3 aromatic rings. The summed E-state index contributed by atoms with van der Waals surface area (Å²) in [4.78, 5) is 26.4. The van der Waals surface area contributed by atoms with Gasteiger partial charge in [0.05, 0.1) is 12.8 Å². The van der Waals surface area contributed by atoms with Crippen LogP contribution in [0.25, 0.3) is 22.6 Å². The van der Waals surface area contributed by atoms with Crippen LogP contribution in [-0.2, 0) is 4.79 Å². The third kappa shape index (κ3) is 3.78. The fourth-order valence-electron chi connectivity index (χ4n) is 3.86. The Morgan fingerprint density at radius 1 is 1.17 bits per heavy atom. The Morgan fingerprint density at radius 3 is 2.66 bits per heavy atom. The summed E-state index contributed by atoms with van der Waals surface area (Å²) in [6.07, 6.45) is 7.10. The van der Waals surface area contributed by atoms with Crippen LogP contribution >= 0.6 is 0 Å². The molecule has 1 aliphatic heterocycles. The first kappa shape index (κ1) is 18.9. The number of nitrogens with zero attached hydrogens (tertiary/aromatic N) is 5. The largest absolute Gasteiger partial charge is 0.496 e. The van der Waals surface area contributed by atoms with Gasteiger partial charge in [-0.15, -0.1) is 0 Å². The number of anilines is 1. The molecule has 0 atom stereocenters.